The third kappa shape index (κ3) is 3.53. The lowest BCUT2D eigenvalue weighted by Gasteiger charge is -2.27. The van der Waals surface area contributed by atoms with E-state index in [1.165, 1.54) is 4.88 Å². The van der Waals surface area contributed by atoms with Crippen molar-refractivity contribution < 1.29 is 0 Å². The van der Waals surface area contributed by atoms with Crippen LogP contribution in [0, 0.1) is 13.8 Å². The summed E-state index contributed by atoms with van der Waals surface area (Å²) in [5.41, 5.74) is 1.11. The van der Waals surface area contributed by atoms with Crippen LogP contribution in [-0.2, 0) is 0 Å². The second kappa shape index (κ2) is 6.89. The van der Waals surface area contributed by atoms with E-state index in [1.807, 2.05) is 6.92 Å². The van der Waals surface area contributed by atoms with Crippen LogP contribution in [0.3, 0.4) is 0 Å². The van der Waals surface area contributed by atoms with Crippen molar-refractivity contribution in [1.29, 1.82) is 0 Å². The predicted molar refractivity (Wildman–Crippen MR) is 91.4 cm³/mol. The summed E-state index contributed by atoms with van der Waals surface area (Å²) in [5.74, 6) is 2.76. The van der Waals surface area contributed by atoms with Gasteiger partial charge in [0.15, 0.2) is 0 Å². The van der Waals surface area contributed by atoms with Gasteiger partial charge in [-0.15, -0.1) is 11.3 Å². The lowest BCUT2D eigenvalue weighted by molar-refractivity contribution is 0.733. The Bertz CT molecular complexity index is 580. The quantitative estimate of drug-likeness (QED) is 0.869. The van der Waals surface area contributed by atoms with Crippen LogP contribution in [0.5, 0.6) is 0 Å². The molecule has 21 heavy (non-hydrogen) atoms. The Labute approximate surface area is 131 Å². The molecule has 0 fully saturated rings. The normalized spacial score (nSPS) is 12.2. The molecule has 2 aromatic heterocycles. The highest BCUT2D eigenvalue weighted by Gasteiger charge is 2.18. The van der Waals surface area contributed by atoms with Gasteiger partial charge in [0, 0.05) is 24.0 Å². The van der Waals surface area contributed by atoms with E-state index >= 15 is 0 Å². The third-order valence-electron chi connectivity index (χ3n) is 3.64. The van der Waals surface area contributed by atoms with Gasteiger partial charge in [-0.2, -0.15) is 0 Å². The van der Waals surface area contributed by atoms with Gasteiger partial charge in [0.1, 0.15) is 17.5 Å². The SMILES string of the molecule is CCCNc1nc(C)nc(N(C)C(C)c2cccs2)c1C. The Morgan fingerprint density at radius 3 is 2.71 bits per heavy atom. The largest absolute Gasteiger partial charge is 0.370 e. The molecule has 0 aromatic carbocycles. The second-order valence-electron chi connectivity index (χ2n) is 5.30. The summed E-state index contributed by atoms with van der Waals surface area (Å²) in [6.07, 6.45) is 1.08. The van der Waals surface area contributed by atoms with Gasteiger partial charge in [0.2, 0.25) is 0 Å². The number of hydrogen-bond donors (Lipinski definition) is 1. The van der Waals surface area contributed by atoms with E-state index in [2.05, 4.69) is 65.5 Å². The number of thiophene rings is 1. The fourth-order valence-electron chi connectivity index (χ4n) is 2.28. The molecule has 0 radical (unpaired) electrons. The van der Waals surface area contributed by atoms with Gasteiger partial charge >= 0.3 is 0 Å². The summed E-state index contributed by atoms with van der Waals surface area (Å²) in [6.45, 7) is 9.33. The van der Waals surface area contributed by atoms with Crippen LogP contribution in [0.2, 0.25) is 0 Å². The number of nitrogens with zero attached hydrogens (tertiary/aromatic N) is 3. The zero-order chi connectivity index (χ0) is 15.4. The van der Waals surface area contributed by atoms with E-state index in [-0.39, 0.29) is 0 Å². The Balaban J connectivity index is 2.31. The summed E-state index contributed by atoms with van der Waals surface area (Å²) in [7, 11) is 2.10. The summed E-state index contributed by atoms with van der Waals surface area (Å²) in [5, 5.41) is 5.51. The second-order valence-corrected chi connectivity index (χ2v) is 6.28. The Morgan fingerprint density at radius 2 is 2.10 bits per heavy atom. The number of aromatic nitrogens is 2. The summed E-state index contributed by atoms with van der Waals surface area (Å²) < 4.78 is 0. The highest BCUT2D eigenvalue weighted by atomic mass is 32.1. The lowest BCUT2D eigenvalue weighted by Crippen LogP contribution is -2.24. The first-order valence-corrected chi connectivity index (χ1v) is 8.27. The Morgan fingerprint density at radius 1 is 1.33 bits per heavy atom. The van der Waals surface area contributed by atoms with Crippen molar-refractivity contribution in [3.8, 4) is 0 Å². The molecule has 0 aliphatic carbocycles. The first-order chi connectivity index (χ1) is 10.0. The highest BCUT2D eigenvalue weighted by molar-refractivity contribution is 7.10. The lowest BCUT2D eigenvalue weighted by atomic mass is 10.2. The molecule has 0 aliphatic rings. The van der Waals surface area contributed by atoms with Gasteiger partial charge in [0.05, 0.1) is 6.04 Å². The molecule has 0 spiro atoms. The number of rotatable bonds is 6. The molecule has 2 heterocycles. The monoisotopic (exact) mass is 304 g/mol. The van der Waals surface area contributed by atoms with Crippen molar-refractivity contribution in [1.82, 2.24) is 9.97 Å². The van der Waals surface area contributed by atoms with Crippen molar-refractivity contribution in [2.75, 3.05) is 23.8 Å². The van der Waals surface area contributed by atoms with Crippen LogP contribution < -0.4 is 10.2 Å². The van der Waals surface area contributed by atoms with Crippen molar-refractivity contribution in [3.05, 3.63) is 33.8 Å². The molecule has 0 amide bonds. The zero-order valence-electron chi connectivity index (χ0n) is 13.5. The van der Waals surface area contributed by atoms with E-state index in [0.717, 1.165) is 36.0 Å². The molecule has 0 aliphatic heterocycles. The number of hydrogen-bond acceptors (Lipinski definition) is 5. The van der Waals surface area contributed by atoms with Crippen LogP contribution in [-0.4, -0.2) is 23.6 Å². The molecule has 4 nitrogen and oxygen atoms in total. The maximum atomic E-state index is 4.65. The minimum Gasteiger partial charge on any atom is -0.370 e. The van der Waals surface area contributed by atoms with Gasteiger partial charge in [-0.1, -0.05) is 13.0 Å². The maximum Gasteiger partial charge on any atom is 0.137 e. The van der Waals surface area contributed by atoms with Crippen LogP contribution in [0.25, 0.3) is 0 Å². The van der Waals surface area contributed by atoms with Gasteiger partial charge < -0.3 is 10.2 Å². The summed E-state index contributed by atoms with van der Waals surface area (Å²) in [6, 6.07) is 4.57. The van der Waals surface area contributed by atoms with Crippen LogP contribution in [0.1, 0.15) is 42.6 Å². The van der Waals surface area contributed by atoms with Gasteiger partial charge in [-0.25, -0.2) is 9.97 Å². The topological polar surface area (TPSA) is 41.1 Å². The maximum absolute atomic E-state index is 4.65. The van der Waals surface area contributed by atoms with Crippen LogP contribution in [0.15, 0.2) is 17.5 Å². The average molecular weight is 304 g/mol. The average Bonchev–Trinajstić information content (AvgIpc) is 3.00. The smallest absolute Gasteiger partial charge is 0.137 e. The van der Waals surface area contributed by atoms with Gasteiger partial charge in [-0.3, -0.25) is 0 Å². The summed E-state index contributed by atoms with van der Waals surface area (Å²) in [4.78, 5) is 12.8. The molecule has 2 rings (SSSR count). The molecule has 1 unspecified atom stereocenters. The van der Waals surface area contributed by atoms with E-state index < -0.39 is 0 Å². The fraction of sp³-hybridized carbons (Fsp3) is 0.500. The van der Waals surface area contributed by atoms with Crippen LogP contribution in [0.4, 0.5) is 11.6 Å². The number of aryl methyl sites for hydroxylation is 1. The molecule has 114 valence electrons. The fourth-order valence-corrected chi connectivity index (χ4v) is 3.10. The highest BCUT2D eigenvalue weighted by Crippen LogP contribution is 2.31. The van der Waals surface area contributed by atoms with E-state index in [4.69, 9.17) is 0 Å². The molecule has 0 saturated carbocycles. The predicted octanol–water partition coefficient (Wildman–Crippen LogP) is 4.17. The number of nitrogens with one attached hydrogen (secondary N) is 1. The zero-order valence-corrected chi connectivity index (χ0v) is 14.3. The molecule has 0 bridgehead atoms. The van der Waals surface area contributed by atoms with E-state index in [0.29, 0.717) is 6.04 Å². The molecular formula is C16H24N4S. The minimum absolute atomic E-state index is 0.303. The first kappa shape index (κ1) is 15.8. The molecule has 0 saturated heterocycles. The van der Waals surface area contributed by atoms with Crippen molar-refractivity contribution in [2.24, 2.45) is 0 Å². The first-order valence-electron chi connectivity index (χ1n) is 7.40. The van der Waals surface area contributed by atoms with E-state index in [9.17, 15) is 0 Å². The molecule has 2 aromatic rings. The molecule has 1 N–H and O–H groups in total. The number of anilines is 2. The summed E-state index contributed by atoms with van der Waals surface area (Å²) >= 11 is 1.78. The van der Waals surface area contributed by atoms with Crippen molar-refractivity contribution in [3.63, 3.8) is 0 Å². The van der Waals surface area contributed by atoms with Gasteiger partial charge in [-0.05, 0) is 38.6 Å². The third-order valence-corrected chi connectivity index (χ3v) is 4.69. The van der Waals surface area contributed by atoms with Crippen molar-refractivity contribution >= 4 is 23.0 Å². The molecular weight excluding hydrogens is 280 g/mol. The molecule has 1 atom stereocenters. The molecule has 5 heteroatoms. The minimum atomic E-state index is 0.303. The van der Waals surface area contributed by atoms with Gasteiger partial charge in [0.25, 0.3) is 0 Å². The Kier molecular flexibility index (Phi) is 5.17. The van der Waals surface area contributed by atoms with E-state index in [1.54, 1.807) is 11.3 Å². The van der Waals surface area contributed by atoms with Crippen LogP contribution >= 0.6 is 11.3 Å². The Hall–Kier alpha value is -1.62. The van der Waals surface area contributed by atoms with Crippen molar-refractivity contribution in [2.45, 2.75) is 40.2 Å². The standard InChI is InChI=1S/C16H24N4S/c1-6-9-17-15-11(2)16(19-13(4)18-15)20(5)12(3)14-8-7-10-21-14/h7-8,10,12H,6,9H2,1-5H3,(H,17,18,19).